The molecule has 0 spiro atoms. The van der Waals surface area contributed by atoms with Crippen LogP contribution in [0, 0.1) is 0 Å². The summed E-state index contributed by atoms with van der Waals surface area (Å²) >= 11 is 0. The maximum atomic E-state index is 10.7. The van der Waals surface area contributed by atoms with Gasteiger partial charge in [0.05, 0.1) is 0 Å². The molecule has 3 N–H and O–H groups in total. The van der Waals surface area contributed by atoms with Crippen LogP contribution in [0.2, 0.25) is 0 Å². The van der Waals surface area contributed by atoms with E-state index in [-0.39, 0.29) is 6.73 Å². The first-order valence-electron chi connectivity index (χ1n) is 3.29. The van der Waals surface area contributed by atoms with Crippen LogP contribution in [0.3, 0.4) is 0 Å². The molecule has 0 aromatic heterocycles. The Hall–Kier alpha value is -0.850. The lowest BCUT2D eigenvalue weighted by Crippen LogP contribution is -2.54. The number of ether oxygens (including phenoxy) is 2. The fourth-order valence-electron chi connectivity index (χ4n) is 0.627. The number of carbonyl (C=O) groups is 1. The van der Waals surface area contributed by atoms with Gasteiger partial charge in [-0.1, -0.05) is 0 Å². The van der Waals surface area contributed by atoms with Crippen molar-refractivity contribution in [3.63, 3.8) is 0 Å². The number of amides is 2. The highest BCUT2D eigenvalue weighted by Gasteiger charge is 2.31. The van der Waals surface area contributed by atoms with E-state index in [0.29, 0.717) is 0 Å². The molecule has 0 aromatic rings. The third-order valence-corrected chi connectivity index (χ3v) is 1.41. The van der Waals surface area contributed by atoms with Crippen LogP contribution in [0.15, 0.2) is 0 Å². The van der Waals surface area contributed by atoms with Gasteiger partial charge in [0.15, 0.2) is 0 Å². The van der Waals surface area contributed by atoms with E-state index in [1.807, 2.05) is 0 Å². The van der Waals surface area contributed by atoms with Gasteiger partial charge in [-0.2, -0.15) is 0 Å². The van der Waals surface area contributed by atoms with E-state index < -0.39 is 11.9 Å². The maximum Gasteiger partial charge on any atom is 0.320 e. The van der Waals surface area contributed by atoms with Crippen LogP contribution in [0.25, 0.3) is 0 Å². The standard InChI is InChI=1S/C6H14N2O4/c1-6(10,12-3)8(4-11-2)5(7)9/h10H,4H2,1-3H3,(H2,7,9). The highest BCUT2D eigenvalue weighted by Crippen LogP contribution is 2.10. The molecule has 0 heterocycles. The Kier molecular flexibility index (Phi) is 3.94. The second kappa shape index (κ2) is 4.24. The highest BCUT2D eigenvalue weighted by atomic mass is 16.6. The predicted octanol–water partition coefficient (Wildman–Crippen LogP) is -0.717. The van der Waals surface area contributed by atoms with Gasteiger partial charge < -0.3 is 20.3 Å². The van der Waals surface area contributed by atoms with E-state index in [4.69, 9.17) is 5.73 Å². The molecule has 0 aromatic carbocycles. The lowest BCUT2D eigenvalue weighted by atomic mass is 10.5. The Morgan fingerprint density at radius 3 is 2.42 bits per heavy atom. The molecule has 0 bridgehead atoms. The maximum absolute atomic E-state index is 10.7. The number of carbonyl (C=O) groups excluding carboxylic acids is 1. The fraction of sp³-hybridized carbons (Fsp3) is 0.833. The van der Waals surface area contributed by atoms with Gasteiger partial charge in [-0.15, -0.1) is 0 Å². The third-order valence-electron chi connectivity index (χ3n) is 1.41. The van der Waals surface area contributed by atoms with Crippen molar-refractivity contribution >= 4 is 6.03 Å². The molecule has 2 amide bonds. The Labute approximate surface area is 70.8 Å². The molecule has 1 unspecified atom stereocenters. The third kappa shape index (κ3) is 2.65. The summed E-state index contributed by atoms with van der Waals surface area (Å²) in [6.07, 6.45) is 0. The molecule has 6 heteroatoms. The summed E-state index contributed by atoms with van der Waals surface area (Å²) in [7, 11) is 2.63. The van der Waals surface area contributed by atoms with Crippen molar-refractivity contribution in [2.24, 2.45) is 5.73 Å². The predicted molar refractivity (Wildman–Crippen MR) is 40.9 cm³/mol. The second-order valence-electron chi connectivity index (χ2n) is 2.32. The molecular weight excluding hydrogens is 164 g/mol. The van der Waals surface area contributed by atoms with E-state index >= 15 is 0 Å². The number of rotatable bonds is 4. The van der Waals surface area contributed by atoms with E-state index in [9.17, 15) is 9.90 Å². The van der Waals surface area contributed by atoms with Gasteiger partial charge in [-0.3, -0.25) is 0 Å². The largest absolute Gasteiger partial charge is 0.364 e. The van der Waals surface area contributed by atoms with Crippen molar-refractivity contribution in [2.45, 2.75) is 12.8 Å². The van der Waals surface area contributed by atoms with Gasteiger partial charge in [0.25, 0.3) is 5.91 Å². The van der Waals surface area contributed by atoms with Gasteiger partial charge in [-0.25, -0.2) is 9.69 Å². The molecule has 0 aliphatic carbocycles. The molecule has 0 fully saturated rings. The van der Waals surface area contributed by atoms with Gasteiger partial charge in [-0.05, 0) is 0 Å². The van der Waals surface area contributed by atoms with Gasteiger partial charge >= 0.3 is 6.03 Å². The number of hydrogen-bond donors (Lipinski definition) is 2. The summed E-state index contributed by atoms with van der Waals surface area (Å²) in [6.45, 7) is 1.16. The summed E-state index contributed by atoms with van der Waals surface area (Å²) in [4.78, 5) is 11.6. The van der Waals surface area contributed by atoms with E-state index in [1.165, 1.54) is 21.1 Å². The molecule has 6 nitrogen and oxygen atoms in total. The molecule has 72 valence electrons. The fourth-order valence-corrected chi connectivity index (χ4v) is 0.627. The van der Waals surface area contributed by atoms with Crippen molar-refractivity contribution < 1.29 is 19.4 Å². The minimum absolute atomic E-state index is 0.129. The number of aliphatic hydroxyl groups is 1. The molecule has 0 radical (unpaired) electrons. The van der Waals surface area contributed by atoms with E-state index in [2.05, 4.69) is 9.47 Å². The Balaban J connectivity index is 4.38. The van der Waals surface area contributed by atoms with Crippen molar-refractivity contribution in [3.05, 3.63) is 0 Å². The van der Waals surface area contributed by atoms with Gasteiger partial charge in [0.2, 0.25) is 0 Å². The number of primary amides is 1. The zero-order chi connectivity index (χ0) is 9.78. The SMILES string of the molecule is COCN(C(N)=O)C(C)(O)OC. The zero-order valence-corrected chi connectivity index (χ0v) is 7.40. The molecule has 0 saturated carbocycles. The molecule has 12 heavy (non-hydrogen) atoms. The van der Waals surface area contributed by atoms with Crippen LogP contribution in [0.4, 0.5) is 4.79 Å². The van der Waals surface area contributed by atoms with E-state index in [1.54, 1.807) is 0 Å². The average Bonchev–Trinajstić information content (AvgIpc) is 1.99. The second-order valence-corrected chi connectivity index (χ2v) is 2.32. The molecule has 0 aliphatic heterocycles. The lowest BCUT2D eigenvalue weighted by Gasteiger charge is -2.32. The van der Waals surface area contributed by atoms with Crippen molar-refractivity contribution in [1.29, 1.82) is 0 Å². The summed E-state index contributed by atoms with van der Waals surface area (Å²) < 4.78 is 9.25. The summed E-state index contributed by atoms with van der Waals surface area (Å²) in [5.74, 6) is -1.73. The first-order chi connectivity index (χ1) is 5.45. The number of nitrogens with two attached hydrogens (primary N) is 1. The summed E-state index contributed by atoms with van der Waals surface area (Å²) in [5.41, 5.74) is 4.95. The minimum Gasteiger partial charge on any atom is -0.364 e. The molecule has 1 atom stereocenters. The summed E-state index contributed by atoms with van der Waals surface area (Å²) in [5, 5.41) is 9.41. The van der Waals surface area contributed by atoms with Crippen LogP contribution in [-0.4, -0.2) is 42.9 Å². The Morgan fingerprint density at radius 1 is 1.67 bits per heavy atom. The number of hydrogen-bond acceptors (Lipinski definition) is 4. The first kappa shape index (κ1) is 11.2. The topological polar surface area (TPSA) is 85.0 Å². The number of methoxy groups -OCH3 is 2. The van der Waals surface area contributed by atoms with Crippen molar-refractivity contribution in [2.75, 3.05) is 21.0 Å². The average molecular weight is 178 g/mol. The van der Waals surface area contributed by atoms with Crippen molar-refractivity contribution in [1.82, 2.24) is 4.90 Å². The van der Waals surface area contributed by atoms with Gasteiger partial charge in [0.1, 0.15) is 6.73 Å². The van der Waals surface area contributed by atoms with Gasteiger partial charge in [0, 0.05) is 21.1 Å². The highest BCUT2D eigenvalue weighted by molar-refractivity contribution is 5.72. The Morgan fingerprint density at radius 2 is 2.17 bits per heavy atom. The first-order valence-corrected chi connectivity index (χ1v) is 3.29. The van der Waals surface area contributed by atoms with Crippen LogP contribution in [0.1, 0.15) is 6.92 Å². The number of urea groups is 1. The zero-order valence-electron chi connectivity index (χ0n) is 7.40. The quantitative estimate of drug-likeness (QED) is 0.556. The van der Waals surface area contributed by atoms with Crippen LogP contribution in [-0.2, 0) is 9.47 Å². The van der Waals surface area contributed by atoms with Crippen molar-refractivity contribution in [3.8, 4) is 0 Å². The monoisotopic (exact) mass is 178 g/mol. The van der Waals surface area contributed by atoms with Crippen LogP contribution < -0.4 is 5.73 Å². The molecular formula is C6H14N2O4. The van der Waals surface area contributed by atoms with Crippen LogP contribution >= 0.6 is 0 Å². The minimum atomic E-state index is -1.73. The smallest absolute Gasteiger partial charge is 0.320 e. The molecule has 0 aliphatic rings. The number of nitrogens with zero attached hydrogens (tertiary/aromatic N) is 1. The Bertz CT molecular complexity index is 160. The normalized spacial score (nSPS) is 15.3. The van der Waals surface area contributed by atoms with Crippen LogP contribution in [0.5, 0.6) is 0 Å². The van der Waals surface area contributed by atoms with E-state index in [0.717, 1.165) is 4.90 Å². The molecule has 0 saturated heterocycles. The lowest BCUT2D eigenvalue weighted by molar-refractivity contribution is -0.262. The summed E-state index contributed by atoms with van der Waals surface area (Å²) in [6, 6.07) is -0.816. The molecule has 0 rings (SSSR count).